The topological polar surface area (TPSA) is 55.1 Å². The molecule has 0 saturated carbocycles. The van der Waals surface area contributed by atoms with Crippen molar-refractivity contribution in [2.45, 2.75) is 39.7 Å². The van der Waals surface area contributed by atoms with Gasteiger partial charge >= 0.3 is 0 Å². The molecule has 1 aromatic rings. The van der Waals surface area contributed by atoms with E-state index in [-0.39, 0.29) is 18.3 Å². The minimum Gasteiger partial charge on any atom is -0.325 e. The van der Waals surface area contributed by atoms with Crippen LogP contribution < -0.4 is 11.1 Å². The first-order valence-electron chi connectivity index (χ1n) is 5.68. The van der Waals surface area contributed by atoms with Gasteiger partial charge in [-0.1, -0.05) is 19.4 Å². The van der Waals surface area contributed by atoms with Crippen molar-refractivity contribution in [2.24, 2.45) is 5.73 Å². The molecule has 1 rings (SSSR count). The van der Waals surface area contributed by atoms with Gasteiger partial charge in [-0.2, -0.15) is 0 Å². The summed E-state index contributed by atoms with van der Waals surface area (Å²) in [4.78, 5) is 11.7. The van der Waals surface area contributed by atoms with Gasteiger partial charge in [0, 0.05) is 5.69 Å². The van der Waals surface area contributed by atoms with E-state index in [0.29, 0.717) is 0 Å². The van der Waals surface area contributed by atoms with Crippen LogP contribution in [0, 0.1) is 13.8 Å². The van der Waals surface area contributed by atoms with E-state index in [0.717, 1.165) is 18.5 Å². The van der Waals surface area contributed by atoms with Gasteiger partial charge in [0.05, 0.1) is 6.04 Å². The lowest BCUT2D eigenvalue weighted by Gasteiger charge is -2.12. The van der Waals surface area contributed by atoms with Crippen molar-refractivity contribution in [1.29, 1.82) is 0 Å². The molecular formula is C13H21ClN2O. The summed E-state index contributed by atoms with van der Waals surface area (Å²) in [6.07, 6.45) is 1.64. The van der Waals surface area contributed by atoms with Gasteiger partial charge < -0.3 is 11.1 Å². The summed E-state index contributed by atoms with van der Waals surface area (Å²) >= 11 is 0. The summed E-state index contributed by atoms with van der Waals surface area (Å²) in [7, 11) is 0. The number of carbonyl (C=O) groups is 1. The highest BCUT2D eigenvalue weighted by Crippen LogP contribution is 2.14. The smallest absolute Gasteiger partial charge is 0.241 e. The molecule has 1 unspecified atom stereocenters. The monoisotopic (exact) mass is 256 g/mol. The summed E-state index contributed by atoms with van der Waals surface area (Å²) in [5.74, 6) is -0.106. The van der Waals surface area contributed by atoms with Crippen molar-refractivity contribution >= 4 is 24.0 Å². The standard InChI is InChI=1S/C13H20N2O.ClH/c1-4-5-12(14)13(16)15-11-7-6-9(2)10(3)8-11;/h6-8,12H,4-5,14H2,1-3H3,(H,15,16);1H. The summed E-state index contributed by atoms with van der Waals surface area (Å²) in [6.45, 7) is 6.09. The van der Waals surface area contributed by atoms with Crippen molar-refractivity contribution in [3.63, 3.8) is 0 Å². The average Bonchev–Trinajstić information content (AvgIpc) is 2.24. The molecule has 0 heterocycles. The zero-order chi connectivity index (χ0) is 12.1. The molecule has 0 bridgehead atoms. The number of anilines is 1. The summed E-state index contributed by atoms with van der Waals surface area (Å²) in [5, 5.41) is 2.83. The molecule has 3 nitrogen and oxygen atoms in total. The van der Waals surface area contributed by atoms with E-state index in [2.05, 4.69) is 5.32 Å². The highest BCUT2D eigenvalue weighted by molar-refractivity contribution is 5.94. The van der Waals surface area contributed by atoms with Gasteiger partial charge in [-0.25, -0.2) is 0 Å². The number of aryl methyl sites for hydroxylation is 2. The predicted molar refractivity (Wildman–Crippen MR) is 74.7 cm³/mol. The third kappa shape index (κ3) is 4.75. The van der Waals surface area contributed by atoms with Crippen LogP contribution in [0.3, 0.4) is 0 Å². The Morgan fingerprint density at radius 2 is 2.00 bits per heavy atom. The number of hydrogen-bond donors (Lipinski definition) is 2. The number of hydrogen-bond acceptors (Lipinski definition) is 2. The van der Waals surface area contributed by atoms with Crippen LogP contribution in [0.4, 0.5) is 5.69 Å². The molecule has 0 fully saturated rings. The van der Waals surface area contributed by atoms with Crippen LogP contribution in [0.1, 0.15) is 30.9 Å². The number of nitrogens with one attached hydrogen (secondary N) is 1. The quantitative estimate of drug-likeness (QED) is 0.870. The first-order valence-corrected chi connectivity index (χ1v) is 5.68. The minimum absolute atomic E-state index is 0. The summed E-state index contributed by atoms with van der Waals surface area (Å²) in [5.41, 5.74) is 8.94. The van der Waals surface area contributed by atoms with Crippen molar-refractivity contribution < 1.29 is 4.79 Å². The van der Waals surface area contributed by atoms with Gasteiger partial charge in [0.2, 0.25) is 5.91 Å². The molecule has 0 aromatic heterocycles. The maximum atomic E-state index is 11.7. The van der Waals surface area contributed by atoms with Gasteiger partial charge in [-0.15, -0.1) is 12.4 Å². The molecule has 0 radical (unpaired) electrons. The molecule has 0 aliphatic rings. The normalized spacial score (nSPS) is 11.5. The molecule has 1 amide bonds. The van der Waals surface area contributed by atoms with Crippen molar-refractivity contribution in [1.82, 2.24) is 0 Å². The van der Waals surface area contributed by atoms with Crippen LogP contribution in [0.5, 0.6) is 0 Å². The van der Waals surface area contributed by atoms with E-state index in [1.807, 2.05) is 39.0 Å². The van der Waals surface area contributed by atoms with Crippen molar-refractivity contribution in [3.8, 4) is 0 Å². The number of rotatable bonds is 4. The number of carbonyl (C=O) groups excluding carboxylic acids is 1. The lowest BCUT2D eigenvalue weighted by molar-refractivity contribution is -0.117. The second kappa shape index (κ2) is 7.30. The number of amides is 1. The van der Waals surface area contributed by atoms with Crippen LogP contribution in [0.15, 0.2) is 18.2 Å². The molecule has 1 atom stereocenters. The zero-order valence-electron chi connectivity index (χ0n) is 10.6. The lowest BCUT2D eigenvalue weighted by Crippen LogP contribution is -2.35. The van der Waals surface area contributed by atoms with Gasteiger partial charge in [0.15, 0.2) is 0 Å². The first kappa shape index (κ1) is 15.9. The number of benzene rings is 1. The van der Waals surface area contributed by atoms with E-state index >= 15 is 0 Å². The van der Waals surface area contributed by atoms with Gasteiger partial charge in [0.25, 0.3) is 0 Å². The Morgan fingerprint density at radius 1 is 1.35 bits per heavy atom. The number of halogens is 1. The maximum absolute atomic E-state index is 11.7. The Bertz CT molecular complexity index is 380. The molecule has 3 N–H and O–H groups in total. The lowest BCUT2D eigenvalue weighted by atomic mass is 10.1. The van der Waals surface area contributed by atoms with E-state index < -0.39 is 6.04 Å². The van der Waals surface area contributed by atoms with Crippen LogP contribution in [0.25, 0.3) is 0 Å². The minimum atomic E-state index is -0.411. The van der Waals surface area contributed by atoms with E-state index in [4.69, 9.17) is 5.73 Å². The fourth-order valence-electron chi connectivity index (χ4n) is 1.50. The Balaban J connectivity index is 0.00000256. The molecular weight excluding hydrogens is 236 g/mol. The van der Waals surface area contributed by atoms with Crippen LogP contribution in [-0.2, 0) is 4.79 Å². The van der Waals surface area contributed by atoms with Crippen molar-refractivity contribution in [2.75, 3.05) is 5.32 Å². The highest BCUT2D eigenvalue weighted by atomic mass is 35.5. The van der Waals surface area contributed by atoms with Gasteiger partial charge in [-0.3, -0.25) is 4.79 Å². The second-order valence-corrected chi connectivity index (χ2v) is 4.18. The molecule has 0 saturated heterocycles. The van der Waals surface area contributed by atoms with E-state index in [1.165, 1.54) is 11.1 Å². The largest absolute Gasteiger partial charge is 0.325 e. The van der Waals surface area contributed by atoms with Crippen LogP contribution in [0.2, 0.25) is 0 Å². The molecule has 0 aliphatic carbocycles. The molecule has 4 heteroatoms. The molecule has 17 heavy (non-hydrogen) atoms. The Hall–Kier alpha value is -1.06. The highest BCUT2D eigenvalue weighted by Gasteiger charge is 2.12. The predicted octanol–water partition coefficient (Wildman–Crippen LogP) is 2.79. The molecule has 1 aromatic carbocycles. The van der Waals surface area contributed by atoms with Gasteiger partial charge in [0.1, 0.15) is 0 Å². The maximum Gasteiger partial charge on any atom is 0.241 e. The van der Waals surface area contributed by atoms with Crippen molar-refractivity contribution in [3.05, 3.63) is 29.3 Å². The van der Waals surface area contributed by atoms with E-state index in [9.17, 15) is 4.79 Å². The number of nitrogens with two attached hydrogens (primary N) is 1. The fourth-order valence-corrected chi connectivity index (χ4v) is 1.50. The third-order valence-corrected chi connectivity index (χ3v) is 2.71. The Morgan fingerprint density at radius 3 is 2.53 bits per heavy atom. The molecule has 0 aliphatic heterocycles. The Labute approximate surface area is 109 Å². The van der Waals surface area contributed by atoms with Crippen LogP contribution in [-0.4, -0.2) is 11.9 Å². The Kier molecular flexibility index (Phi) is 6.85. The summed E-state index contributed by atoms with van der Waals surface area (Å²) in [6, 6.07) is 5.45. The molecule has 0 spiro atoms. The second-order valence-electron chi connectivity index (χ2n) is 4.18. The van der Waals surface area contributed by atoms with E-state index in [1.54, 1.807) is 0 Å². The summed E-state index contributed by atoms with van der Waals surface area (Å²) < 4.78 is 0. The third-order valence-electron chi connectivity index (χ3n) is 2.71. The zero-order valence-corrected chi connectivity index (χ0v) is 11.4. The average molecular weight is 257 g/mol. The first-order chi connectivity index (χ1) is 7.54. The van der Waals surface area contributed by atoms with Gasteiger partial charge in [-0.05, 0) is 43.5 Å². The fraction of sp³-hybridized carbons (Fsp3) is 0.462. The SMILES string of the molecule is CCCC(N)C(=O)Nc1ccc(C)c(C)c1.Cl. The molecule has 96 valence electrons. The van der Waals surface area contributed by atoms with Crippen LogP contribution >= 0.6 is 12.4 Å².